The number of nitrogens with one attached hydrogen (secondary N) is 2. The Kier molecular flexibility index (Phi) is 9.58. The molecule has 49 heavy (non-hydrogen) atoms. The minimum absolute atomic E-state index is 0.00827. The number of nitrogens with zero attached hydrogens (tertiary/aromatic N) is 4. The predicted molar refractivity (Wildman–Crippen MR) is 182 cm³/mol. The van der Waals surface area contributed by atoms with Crippen molar-refractivity contribution in [2.45, 2.75) is 57.5 Å². The molecule has 0 radical (unpaired) electrons. The maximum atomic E-state index is 14.5. The van der Waals surface area contributed by atoms with Crippen molar-refractivity contribution in [2.24, 2.45) is 0 Å². The number of carbonyl (C=O) groups is 1. The number of aliphatic hydroxyl groups excluding tert-OH is 1. The van der Waals surface area contributed by atoms with E-state index in [1.54, 1.807) is 32.2 Å². The van der Waals surface area contributed by atoms with Gasteiger partial charge < -0.3 is 35.3 Å². The zero-order valence-electron chi connectivity index (χ0n) is 27.3. The van der Waals surface area contributed by atoms with Crippen LogP contribution in [0.5, 0.6) is 5.75 Å². The van der Waals surface area contributed by atoms with Gasteiger partial charge in [0.05, 0.1) is 6.61 Å². The Morgan fingerprint density at radius 3 is 2.57 bits per heavy atom. The van der Waals surface area contributed by atoms with Gasteiger partial charge in [-0.1, -0.05) is 66.7 Å². The number of aliphatic hydroxyl groups is 2. The van der Waals surface area contributed by atoms with Gasteiger partial charge in [0.25, 0.3) is 0 Å². The number of nitrogens with two attached hydrogens (primary N) is 1. The first-order chi connectivity index (χ1) is 23.4. The Hall–Kier alpha value is -4.63. The Bertz CT molecular complexity index is 2020. The fraction of sp³-hybridized carbons (Fsp3) is 0.333. The molecule has 0 saturated carbocycles. The van der Waals surface area contributed by atoms with Gasteiger partial charge in [-0.2, -0.15) is 15.1 Å². The minimum atomic E-state index is -4.41. The monoisotopic (exact) mass is 691 g/mol. The van der Waals surface area contributed by atoms with Crippen LogP contribution in [0, 0.1) is 6.92 Å². The van der Waals surface area contributed by atoms with E-state index in [9.17, 15) is 19.6 Å². The number of benzene rings is 3. The number of rotatable bonds is 12. The van der Waals surface area contributed by atoms with Gasteiger partial charge >= 0.3 is 13.7 Å². The summed E-state index contributed by atoms with van der Waals surface area (Å²) in [5, 5.41) is 29.9. The number of esters is 1. The van der Waals surface area contributed by atoms with Crippen LogP contribution in [0.2, 0.25) is 0 Å². The largest absolute Gasteiger partial charge is 0.460 e. The van der Waals surface area contributed by atoms with Crippen LogP contribution in [0.4, 0.5) is 11.8 Å². The molecular weight excluding hydrogens is 653 g/mol. The number of hydrogen-bond acceptors (Lipinski definition) is 13. The molecule has 258 valence electrons. The number of fused-ring (bicyclic) bond motifs is 2. The second-order valence-corrected chi connectivity index (χ2v) is 13.6. The van der Waals surface area contributed by atoms with E-state index in [1.807, 2.05) is 54.6 Å². The summed E-state index contributed by atoms with van der Waals surface area (Å²) in [4.78, 5) is 26.0. The quantitative estimate of drug-likeness (QED) is 0.0932. The molecular formula is C33H38N7O8P. The van der Waals surface area contributed by atoms with Crippen molar-refractivity contribution in [3.63, 3.8) is 0 Å². The first-order valence-electron chi connectivity index (χ1n) is 15.6. The van der Waals surface area contributed by atoms with Gasteiger partial charge in [0, 0.05) is 12.4 Å². The fourth-order valence-electron chi connectivity index (χ4n) is 5.72. The van der Waals surface area contributed by atoms with Crippen LogP contribution in [-0.4, -0.2) is 73.2 Å². The molecule has 1 aliphatic rings. The lowest BCUT2D eigenvalue weighted by Crippen LogP contribution is -2.44. The third-order valence-electron chi connectivity index (χ3n) is 8.27. The van der Waals surface area contributed by atoms with E-state index in [0.29, 0.717) is 22.5 Å². The highest BCUT2D eigenvalue weighted by atomic mass is 31.2. The molecule has 0 amide bonds. The lowest BCUT2D eigenvalue weighted by molar-refractivity contribution is -0.146. The summed E-state index contributed by atoms with van der Waals surface area (Å²) >= 11 is 0. The molecule has 0 spiro atoms. The Labute approximate surface area is 282 Å². The van der Waals surface area contributed by atoms with E-state index in [4.69, 9.17) is 24.3 Å². The first-order valence-corrected chi connectivity index (χ1v) is 17.1. The van der Waals surface area contributed by atoms with Crippen molar-refractivity contribution in [2.75, 3.05) is 24.7 Å². The number of ether oxygens (including phenoxy) is 2. The Balaban J connectivity index is 1.25. The average molecular weight is 692 g/mol. The van der Waals surface area contributed by atoms with Crippen LogP contribution >= 0.6 is 7.75 Å². The Morgan fingerprint density at radius 1 is 1.10 bits per heavy atom. The van der Waals surface area contributed by atoms with Crippen molar-refractivity contribution in [1.82, 2.24) is 24.6 Å². The summed E-state index contributed by atoms with van der Waals surface area (Å²) in [7, 11) is -2.75. The van der Waals surface area contributed by atoms with E-state index in [0.717, 1.165) is 10.9 Å². The number of hydrogen-bond donors (Lipinski definition) is 5. The summed E-state index contributed by atoms with van der Waals surface area (Å²) in [6, 6.07) is 20.6. The van der Waals surface area contributed by atoms with E-state index in [1.165, 1.54) is 18.4 Å². The number of imidazole rings is 1. The predicted octanol–water partition coefficient (Wildman–Crippen LogP) is 3.85. The maximum absolute atomic E-state index is 14.5. The highest BCUT2D eigenvalue weighted by Gasteiger charge is 2.54. The second-order valence-electron chi connectivity index (χ2n) is 11.9. The SMILES string of the molecule is CNc1nc(N)nc2c1nc(C)n2C1OC(COP(=O)(NC(C)C(=O)OCc2ccccc2)Oc2cccc3ccccc23)C(O)C1(C)O. The summed E-state index contributed by atoms with van der Waals surface area (Å²) in [6.45, 7) is 4.04. The van der Waals surface area contributed by atoms with Crippen LogP contribution in [0.25, 0.3) is 21.9 Å². The molecule has 5 aromatic rings. The van der Waals surface area contributed by atoms with Crippen LogP contribution in [0.15, 0.2) is 72.8 Å². The molecule has 16 heteroatoms. The van der Waals surface area contributed by atoms with Gasteiger partial charge in [0.15, 0.2) is 23.2 Å². The van der Waals surface area contributed by atoms with Crippen molar-refractivity contribution in [3.05, 3.63) is 84.2 Å². The number of nitrogen functional groups attached to an aromatic ring is 1. The Morgan fingerprint density at radius 2 is 1.82 bits per heavy atom. The third-order valence-corrected chi connectivity index (χ3v) is 9.89. The topological polar surface area (TPSA) is 205 Å². The summed E-state index contributed by atoms with van der Waals surface area (Å²) in [5.41, 5.74) is 5.47. The van der Waals surface area contributed by atoms with Crippen LogP contribution in [0.1, 0.15) is 31.5 Å². The number of carbonyl (C=O) groups excluding carboxylic acids is 1. The molecule has 1 aliphatic heterocycles. The number of aryl methyl sites for hydroxylation is 1. The summed E-state index contributed by atoms with van der Waals surface area (Å²) in [5.74, 6) is 0.273. The number of aromatic nitrogens is 4. The van der Waals surface area contributed by atoms with Crippen molar-refractivity contribution >= 4 is 47.4 Å². The molecule has 6 N–H and O–H groups in total. The number of anilines is 2. The highest BCUT2D eigenvalue weighted by Crippen LogP contribution is 2.49. The molecule has 6 rings (SSSR count). The molecule has 0 bridgehead atoms. The lowest BCUT2D eigenvalue weighted by Gasteiger charge is -2.28. The maximum Gasteiger partial charge on any atom is 0.459 e. The lowest BCUT2D eigenvalue weighted by atomic mass is 9.96. The fourth-order valence-corrected chi connectivity index (χ4v) is 7.24. The first kappa shape index (κ1) is 34.2. The molecule has 0 aliphatic carbocycles. The summed E-state index contributed by atoms with van der Waals surface area (Å²) < 4.78 is 39.5. The average Bonchev–Trinajstić information content (AvgIpc) is 3.52. The second kappa shape index (κ2) is 13.7. The van der Waals surface area contributed by atoms with E-state index < -0.39 is 50.4 Å². The van der Waals surface area contributed by atoms with Gasteiger partial charge in [-0.25, -0.2) is 9.55 Å². The van der Waals surface area contributed by atoms with Crippen LogP contribution in [0.3, 0.4) is 0 Å². The van der Waals surface area contributed by atoms with E-state index >= 15 is 0 Å². The minimum Gasteiger partial charge on any atom is -0.460 e. The van der Waals surface area contributed by atoms with E-state index in [2.05, 4.69) is 25.4 Å². The van der Waals surface area contributed by atoms with Gasteiger partial charge in [-0.05, 0) is 37.8 Å². The third kappa shape index (κ3) is 6.95. The zero-order valence-corrected chi connectivity index (χ0v) is 28.2. The molecule has 6 unspecified atom stereocenters. The summed E-state index contributed by atoms with van der Waals surface area (Å²) in [6.07, 6.45) is -3.96. The van der Waals surface area contributed by atoms with E-state index in [-0.39, 0.29) is 24.0 Å². The normalized spacial score (nSPS) is 22.5. The van der Waals surface area contributed by atoms with Gasteiger partial charge in [0.1, 0.15) is 42.0 Å². The molecule has 3 aromatic carbocycles. The molecule has 15 nitrogen and oxygen atoms in total. The smallest absolute Gasteiger partial charge is 0.459 e. The molecule has 6 atom stereocenters. The van der Waals surface area contributed by atoms with Gasteiger partial charge in [-0.15, -0.1) is 0 Å². The molecule has 1 saturated heterocycles. The van der Waals surface area contributed by atoms with Crippen LogP contribution < -0.4 is 20.7 Å². The van der Waals surface area contributed by atoms with Crippen molar-refractivity contribution in [1.29, 1.82) is 0 Å². The molecule has 2 aromatic heterocycles. The van der Waals surface area contributed by atoms with Gasteiger partial charge in [-0.3, -0.25) is 13.9 Å². The highest BCUT2D eigenvalue weighted by molar-refractivity contribution is 7.52. The molecule has 3 heterocycles. The standard InChI is InChI=1S/C33H38N7O8P/c1-19(30(42)45-17-21-11-6-5-7-12-21)39-49(44,48-24-16-10-14-22-13-8-9-15-23(22)24)46-18-25-27(41)33(3,43)31(47-25)40-20(2)36-26-28(35-4)37-32(34)38-29(26)40/h5-16,19,25,27,31,41,43H,17-18H2,1-4H3,(H,39,44)(H3,34,35,37,38). The van der Waals surface area contributed by atoms with Crippen molar-refractivity contribution in [3.8, 4) is 5.75 Å². The molecule has 1 fully saturated rings. The van der Waals surface area contributed by atoms with Crippen LogP contribution in [-0.2, 0) is 30.0 Å². The van der Waals surface area contributed by atoms with Gasteiger partial charge in [0.2, 0.25) is 5.95 Å². The zero-order chi connectivity index (χ0) is 34.9. The van der Waals surface area contributed by atoms with Crippen molar-refractivity contribution < 1.29 is 38.1 Å².